The number of benzene rings is 2. The maximum absolute atomic E-state index is 12.6. The summed E-state index contributed by atoms with van der Waals surface area (Å²) < 4.78 is 25.1. The molecule has 0 spiro atoms. The van der Waals surface area contributed by atoms with Crippen molar-refractivity contribution >= 4 is 9.84 Å². The summed E-state index contributed by atoms with van der Waals surface area (Å²) in [5.41, 5.74) is 2.03. The van der Waals surface area contributed by atoms with Crippen molar-refractivity contribution < 1.29 is 18.6 Å². The SMILES string of the molecule is Cc1ccc(O)c(S(=O)(=O)c2ccc(C)c(C)c2O)c1. The Morgan fingerprint density at radius 3 is 2.20 bits per heavy atom. The van der Waals surface area contributed by atoms with Crippen LogP contribution >= 0.6 is 0 Å². The molecular weight excluding hydrogens is 276 g/mol. The van der Waals surface area contributed by atoms with Gasteiger partial charge in [0.15, 0.2) is 0 Å². The molecule has 2 aromatic carbocycles. The third-order valence-electron chi connectivity index (χ3n) is 3.36. The average molecular weight is 292 g/mol. The first-order valence-electron chi connectivity index (χ1n) is 6.09. The first-order valence-corrected chi connectivity index (χ1v) is 7.57. The highest BCUT2D eigenvalue weighted by molar-refractivity contribution is 7.91. The van der Waals surface area contributed by atoms with E-state index in [1.54, 1.807) is 32.9 Å². The summed E-state index contributed by atoms with van der Waals surface area (Å²) in [7, 11) is -3.96. The number of phenols is 2. The minimum atomic E-state index is -3.96. The minimum absolute atomic E-state index is 0.193. The Kier molecular flexibility index (Phi) is 3.48. The van der Waals surface area contributed by atoms with Crippen LogP contribution in [0.2, 0.25) is 0 Å². The maximum atomic E-state index is 12.6. The van der Waals surface area contributed by atoms with Crippen LogP contribution in [-0.2, 0) is 9.84 Å². The molecule has 0 aliphatic carbocycles. The lowest BCUT2D eigenvalue weighted by molar-refractivity contribution is 0.450. The third-order valence-corrected chi connectivity index (χ3v) is 5.17. The van der Waals surface area contributed by atoms with Crippen molar-refractivity contribution in [3.05, 3.63) is 47.0 Å². The van der Waals surface area contributed by atoms with Gasteiger partial charge in [-0.15, -0.1) is 0 Å². The monoisotopic (exact) mass is 292 g/mol. The molecule has 5 heteroatoms. The summed E-state index contributed by atoms with van der Waals surface area (Å²) in [6.07, 6.45) is 0. The van der Waals surface area contributed by atoms with Gasteiger partial charge >= 0.3 is 0 Å². The van der Waals surface area contributed by atoms with Crippen molar-refractivity contribution in [3.63, 3.8) is 0 Å². The van der Waals surface area contributed by atoms with E-state index in [9.17, 15) is 18.6 Å². The van der Waals surface area contributed by atoms with E-state index >= 15 is 0 Å². The van der Waals surface area contributed by atoms with Crippen LogP contribution in [0.4, 0.5) is 0 Å². The van der Waals surface area contributed by atoms with Crippen molar-refractivity contribution in [2.75, 3.05) is 0 Å². The molecule has 0 bridgehead atoms. The van der Waals surface area contributed by atoms with Crippen LogP contribution in [0.15, 0.2) is 40.1 Å². The topological polar surface area (TPSA) is 74.6 Å². The molecule has 0 aliphatic heterocycles. The zero-order valence-electron chi connectivity index (χ0n) is 11.5. The first kappa shape index (κ1) is 14.4. The third kappa shape index (κ3) is 2.25. The van der Waals surface area contributed by atoms with E-state index < -0.39 is 9.84 Å². The molecular formula is C15H16O4S. The van der Waals surface area contributed by atoms with Gasteiger partial charge in [0.2, 0.25) is 9.84 Å². The molecule has 0 amide bonds. The Hall–Kier alpha value is -2.01. The highest BCUT2D eigenvalue weighted by atomic mass is 32.2. The normalized spacial score (nSPS) is 11.6. The zero-order chi connectivity index (χ0) is 15.1. The van der Waals surface area contributed by atoms with Crippen molar-refractivity contribution in [1.29, 1.82) is 0 Å². The first-order chi connectivity index (χ1) is 9.25. The van der Waals surface area contributed by atoms with Gasteiger partial charge in [-0.3, -0.25) is 0 Å². The quantitative estimate of drug-likeness (QED) is 0.892. The predicted octanol–water partition coefficient (Wildman–Crippen LogP) is 2.86. The van der Waals surface area contributed by atoms with Gasteiger partial charge < -0.3 is 10.2 Å². The van der Waals surface area contributed by atoms with Gasteiger partial charge in [0.1, 0.15) is 21.3 Å². The Balaban J connectivity index is 2.74. The molecule has 0 atom stereocenters. The molecule has 4 nitrogen and oxygen atoms in total. The molecule has 0 saturated carbocycles. The smallest absolute Gasteiger partial charge is 0.213 e. The summed E-state index contributed by atoms with van der Waals surface area (Å²) in [6.45, 7) is 5.17. The van der Waals surface area contributed by atoms with Gasteiger partial charge in [-0.2, -0.15) is 0 Å². The number of sulfone groups is 1. The van der Waals surface area contributed by atoms with Crippen molar-refractivity contribution in [1.82, 2.24) is 0 Å². The highest BCUT2D eigenvalue weighted by Gasteiger charge is 2.25. The Bertz CT molecular complexity index is 777. The summed E-state index contributed by atoms with van der Waals surface area (Å²) in [6, 6.07) is 7.33. The summed E-state index contributed by atoms with van der Waals surface area (Å²) in [4.78, 5) is -0.391. The maximum Gasteiger partial charge on any atom is 0.213 e. The second-order valence-corrected chi connectivity index (χ2v) is 6.72. The van der Waals surface area contributed by atoms with Crippen molar-refractivity contribution in [2.45, 2.75) is 30.6 Å². The molecule has 0 fully saturated rings. The molecule has 0 heterocycles. The van der Waals surface area contributed by atoms with Crippen LogP contribution in [-0.4, -0.2) is 18.6 Å². The van der Waals surface area contributed by atoms with Crippen LogP contribution in [0.25, 0.3) is 0 Å². The van der Waals surface area contributed by atoms with Crippen LogP contribution in [0, 0.1) is 20.8 Å². The zero-order valence-corrected chi connectivity index (χ0v) is 12.3. The molecule has 0 aliphatic rings. The molecule has 2 aromatic rings. The number of hydrogen-bond donors (Lipinski definition) is 2. The second-order valence-electron chi connectivity index (χ2n) is 4.83. The lowest BCUT2D eigenvalue weighted by Crippen LogP contribution is -2.04. The van der Waals surface area contributed by atoms with E-state index in [0.717, 1.165) is 5.56 Å². The minimum Gasteiger partial charge on any atom is -0.507 e. The van der Waals surface area contributed by atoms with E-state index in [-0.39, 0.29) is 21.3 Å². The van der Waals surface area contributed by atoms with Crippen LogP contribution < -0.4 is 0 Å². The van der Waals surface area contributed by atoms with E-state index in [1.807, 2.05) is 0 Å². The largest absolute Gasteiger partial charge is 0.507 e. The fraction of sp³-hybridized carbons (Fsp3) is 0.200. The lowest BCUT2D eigenvalue weighted by atomic mass is 10.1. The van der Waals surface area contributed by atoms with E-state index in [1.165, 1.54) is 18.2 Å². The number of hydrogen-bond acceptors (Lipinski definition) is 4. The molecule has 106 valence electrons. The highest BCUT2D eigenvalue weighted by Crippen LogP contribution is 2.36. The number of rotatable bonds is 2. The van der Waals surface area contributed by atoms with E-state index in [2.05, 4.69) is 0 Å². The molecule has 0 saturated heterocycles. The van der Waals surface area contributed by atoms with Gasteiger partial charge in [-0.05, 0) is 55.7 Å². The Morgan fingerprint density at radius 2 is 1.55 bits per heavy atom. The van der Waals surface area contributed by atoms with Crippen LogP contribution in [0.5, 0.6) is 11.5 Å². The molecule has 20 heavy (non-hydrogen) atoms. The van der Waals surface area contributed by atoms with E-state index in [0.29, 0.717) is 11.1 Å². The number of phenolic OH excluding ortho intramolecular Hbond substituents is 2. The molecule has 0 unspecified atom stereocenters. The Morgan fingerprint density at radius 1 is 0.900 bits per heavy atom. The molecule has 0 aromatic heterocycles. The fourth-order valence-electron chi connectivity index (χ4n) is 1.95. The van der Waals surface area contributed by atoms with Gasteiger partial charge in [0.05, 0.1) is 0 Å². The fourth-order valence-corrected chi connectivity index (χ4v) is 3.52. The molecule has 0 radical (unpaired) electrons. The van der Waals surface area contributed by atoms with Gasteiger partial charge in [-0.25, -0.2) is 8.42 Å². The van der Waals surface area contributed by atoms with E-state index in [4.69, 9.17) is 0 Å². The van der Waals surface area contributed by atoms with Gasteiger partial charge in [0, 0.05) is 0 Å². The van der Waals surface area contributed by atoms with Crippen LogP contribution in [0.3, 0.4) is 0 Å². The lowest BCUT2D eigenvalue weighted by Gasteiger charge is -2.12. The number of aromatic hydroxyl groups is 2. The standard InChI is InChI=1S/C15H16O4S/c1-9-4-6-12(16)14(8-9)20(18,19)13-7-5-10(2)11(3)15(13)17/h4-8,16-17H,1-3H3. The van der Waals surface area contributed by atoms with Gasteiger partial charge in [0.25, 0.3) is 0 Å². The average Bonchev–Trinajstić information content (AvgIpc) is 2.38. The Labute approximate surface area is 118 Å². The molecule has 2 N–H and O–H groups in total. The van der Waals surface area contributed by atoms with Crippen molar-refractivity contribution in [2.24, 2.45) is 0 Å². The summed E-state index contributed by atoms with van der Waals surface area (Å²) in [5.74, 6) is -0.598. The predicted molar refractivity (Wildman–Crippen MR) is 75.9 cm³/mol. The number of aryl methyl sites for hydroxylation is 2. The van der Waals surface area contributed by atoms with Crippen LogP contribution in [0.1, 0.15) is 16.7 Å². The van der Waals surface area contributed by atoms with Gasteiger partial charge in [-0.1, -0.05) is 12.1 Å². The second kappa shape index (κ2) is 4.83. The van der Waals surface area contributed by atoms with Crippen molar-refractivity contribution in [3.8, 4) is 11.5 Å². The summed E-state index contributed by atoms with van der Waals surface area (Å²) in [5, 5.41) is 19.9. The summed E-state index contributed by atoms with van der Waals surface area (Å²) >= 11 is 0. The molecule has 2 rings (SSSR count).